The van der Waals surface area contributed by atoms with Gasteiger partial charge in [-0.15, -0.1) is 0 Å². The van der Waals surface area contributed by atoms with Gasteiger partial charge >= 0.3 is 5.69 Å². The molecule has 1 atom stereocenters. The van der Waals surface area contributed by atoms with E-state index < -0.39 is 14.8 Å². The Morgan fingerprint density at radius 1 is 1.42 bits per heavy atom. The zero-order chi connectivity index (χ0) is 17.7. The summed E-state index contributed by atoms with van der Waals surface area (Å²) in [4.78, 5) is 24.3. The summed E-state index contributed by atoms with van der Waals surface area (Å²) in [5.41, 5.74) is -0.212. The van der Waals surface area contributed by atoms with Gasteiger partial charge in [-0.2, -0.15) is 0 Å². The largest absolute Gasteiger partial charge is 0.477 e. The molecular weight excluding hydrogens is 336 g/mol. The highest BCUT2D eigenvalue weighted by Gasteiger charge is 2.34. The summed E-state index contributed by atoms with van der Waals surface area (Å²) in [6.07, 6.45) is 1.10. The smallest absolute Gasteiger partial charge is 0.310 e. The summed E-state index contributed by atoms with van der Waals surface area (Å²) < 4.78 is 28.6. The van der Waals surface area contributed by atoms with E-state index in [-0.39, 0.29) is 41.5 Å². The van der Waals surface area contributed by atoms with E-state index in [9.17, 15) is 23.3 Å². The van der Waals surface area contributed by atoms with E-state index >= 15 is 0 Å². The number of carbonyl (C=O) groups excluding carboxylic acids is 1. The lowest BCUT2D eigenvalue weighted by atomic mass is 10.2. The Bertz CT molecular complexity index is 718. The Labute approximate surface area is 140 Å². The molecule has 0 N–H and O–H groups in total. The molecule has 0 radical (unpaired) electrons. The lowest BCUT2D eigenvalue weighted by molar-refractivity contribution is -0.385. The molecule has 1 saturated heterocycles. The van der Waals surface area contributed by atoms with E-state index in [1.54, 1.807) is 6.07 Å². The number of benzene rings is 1. The Balaban J connectivity index is 2.05. The van der Waals surface area contributed by atoms with Crippen molar-refractivity contribution in [2.24, 2.45) is 0 Å². The number of para-hydroxylation sites is 2. The second-order valence-corrected chi connectivity index (χ2v) is 7.89. The molecule has 2 rings (SSSR count). The van der Waals surface area contributed by atoms with Crippen molar-refractivity contribution in [2.45, 2.75) is 25.8 Å². The van der Waals surface area contributed by atoms with Crippen molar-refractivity contribution in [3.8, 4) is 5.75 Å². The second-order valence-electron chi connectivity index (χ2n) is 5.66. The van der Waals surface area contributed by atoms with Gasteiger partial charge in [0.25, 0.3) is 5.91 Å². The fourth-order valence-corrected chi connectivity index (χ4v) is 4.46. The molecule has 0 bridgehead atoms. The Kier molecular flexibility index (Phi) is 5.76. The topological polar surface area (TPSA) is 107 Å². The van der Waals surface area contributed by atoms with Crippen LogP contribution < -0.4 is 4.74 Å². The molecule has 1 aromatic carbocycles. The highest BCUT2D eigenvalue weighted by atomic mass is 32.2. The number of rotatable bonds is 7. The third kappa shape index (κ3) is 4.44. The standard InChI is InChI=1S/C15H20N2O6S/c1-2-8-16(12-7-9-24(21,22)11-12)15(18)10-23-14-6-4-3-5-13(14)17(19)20/h3-6,12H,2,7-11H2,1H3/t12-/m0/s1. The van der Waals surface area contributed by atoms with Gasteiger partial charge in [0.2, 0.25) is 0 Å². The van der Waals surface area contributed by atoms with Gasteiger partial charge in [0.05, 0.1) is 16.4 Å². The maximum atomic E-state index is 12.4. The molecule has 1 fully saturated rings. The maximum Gasteiger partial charge on any atom is 0.310 e. The van der Waals surface area contributed by atoms with Gasteiger partial charge in [-0.25, -0.2) is 8.42 Å². The van der Waals surface area contributed by atoms with Crippen LogP contribution in [0.1, 0.15) is 19.8 Å². The molecule has 1 aromatic rings. The molecule has 0 aliphatic carbocycles. The minimum Gasteiger partial charge on any atom is -0.477 e. The number of hydrogen-bond acceptors (Lipinski definition) is 6. The van der Waals surface area contributed by atoms with Crippen LogP contribution in [0.3, 0.4) is 0 Å². The number of hydrogen-bond donors (Lipinski definition) is 0. The molecule has 0 aromatic heterocycles. The quantitative estimate of drug-likeness (QED) is 0.540. The van der Waals surface area contributed by atoms with Crippen molar-refractivity contribution in [3.05, 3.63) is 34.4 Å². The van der Waals surface area contributed by atoms with Crippen molar-refractivity contribution in [2.75, 3.05) is 24.7 Å². The Morgan fingerprint density at radius 2 is 2.12 bits per heavy atom. The zero-order valence-corrected chi connectivity index (χ0v) is 14.2. The van der Waals surface area contributed by atoms with Gasteiger partial charge in [-0.3, -0.25) is 14.9 Å². The third-order valence-electron chi connectivity index (χ3n) is 3.85. The van der Waals surface area contributed by atoms with Crippen LogP contribution in [0, 0.1) is 10.1 Å². The van der Waals surface area contributed by atoms with Gasteiger partial charge in [-0.1, -0.05) is 19.1 Å². The molecule has 1 aliphatic heterocycles. The van der Waals surface area contributed by atoms with E-state index in [0.29, 0.717) is 19.4 Å². The second kappa shape index (κ2) is 7.61. The molecule has 132 valence electrons. The van der Waals surface area contributed by atoms with E-state index in [4.69, 9.17) is 4.74 Å². The van der Waals surface area contributed by atoms with Crippen LogP contribution in [-0.2, 0) is 14.6 Å². The molecule has 9 heteroatoms. The number of nitro groups is 1. The average Bonchev–Trinajstić information content (AvgIpc) is 2.90. The Hall–Kier alpha value is -2.16. The zero-order valence-electron chi connectivity index (χ0n) is 13.4. The first-order valence-electron chi connectivity index (χ1n) is 7.70. The van der Waals surface area contributed by atoms with Crippen LogP contribution in [0.5, 0.6) is 5.75 Å². The number of ether oxygens (including phenoxy) is 1. The molecule has 0 spiro atoms. The van der Waals surface area contributed by atoms with Gasteiger partial charge in [0.15, 0.2) is 22.2 Å². The molecule has 24 heavy (non-hydrogen) atoms. The molecule has 0 unspecified atom stereocenters. The van der Waals surface area contributed by atoms with E-state index in [0.717, 1.165) is 0 Å². The molecular formula is C15H20N2O6S. The number of nitrogens with zero attached hydrogens (tertiary/aromatic N) is 2. The summed E-state index contributed by atoms with van der Waals surface area (Å²) in [6.45, 7) is 1.97. The van der Waals surface area contributed by atoms with Crippen LogP contribution in [0.2, 0.25) is 0 Å². The van der Waals surface area contributed by atoms with Crippen LogP contribution in [0.25, 0.3) is 0 Å². The summed E-state index contributed by atoms with van der Waals surface area (Å²) in [5.74, 6) is -0.302. The minimum atomic E-state index is -3.10. The molecule has 1 amide bonds. The van der Waals surface area contributed by atoms with E-state index in [2.05, 4.69) is 0 Å². The highest BCUT2D eigenvalue weighted by molar-refractivity contribution is 7.91. The molecule has 8 nitrogen and oxygen atoms in total. The molecule has 1 heterocycles. The van der Waals surface area contributed by atoms with Gasteiger partial charge in [-0.05, 0) is 18.9 Å². The normalized spacial score (nSPS) is 19.0. The predicted molar refractivity (Wildman–Crippen MR) is 87.7 cm³/mol. The van der Waals surface area contributed by atoms with Crippen LogP contribution in [-0.4, -0.2) is 54.8 Å². The van der Waals surface area contributed by atoms with Crippen molar-refractivity contribution in [1.82, 2.24) is 4.90 Å². The van der Waals surface area contributed by atoms with Crippen LogP contribution >= 0.6 is 0 Å². The summed E-state index contributed by atoms with van der Waals surface area (Å²) in [6, 6.07) is 5.47. The number of nitro benzene ring substituents is 1. The first-order valence-corrected chi connectivity index (χ1v) is 9.52. The molecule has 1 aliphatic rings. The number of amides is 1. The van der Waals surface area contributed by atoms with Gasteiger partial charge in [0, 0.05) is 18.7 Å². The first kappa shape index (κ1) is 18.2. The van der Waals surface area contributed by atoms with E-state index in [1.807, 2.05) is 6.92 Å². The van der Waals surface area contributed by atoms with Crippen LogP contribution in [0.4, 0.5) is 5.69 Å². The lowest BCUT2D eigenvalue weighted by Gasteiger charge is -2.27. The SMILES string of the molecule is CCCN(C(=O)COc1ccccc1[N+](=O)[O-])[C@H]1CCS(=O)(=O)C1. The van der Waals surface area contributed by atoms with E-state index in [1.165, 1.54) is 23.1 Å². The lowest BCUT2D eigenvalue weighted by Crippen LogP contribution is -2.44. The maximum absolute atomic E-state index is 12.4. The molecule has 0 saturated carbocycles. The van der Waals surface area contributed by atoms with Crippen molar-refractivity contribution >= 4 is 21.4 Å². The highest BCUT2D eigenvalue weighted by Crippen LogP contribution is 2.26. The average molecular weight is 356 g/mol. The number of sulfone groups is 1. The van der Waals surface area contributed by atoms with Crippen molar-refractivity contribution in [1.29, 1.82) is 0 Å². The van der Waals surface area contributed by atoms with Crippen molar-refractivity contribution < 1.29 is 22.9 Å². The monoisotopic (exact) mass is 356 g/mol. The summed E-state index contributed by atoms with van der Waals surface area (Å²) >= 11 is 0. The van der Waals surface area contributed by atoms with Crippen molar-refractivity contribution in [3.63, 3.8) is 0 Å². The fraction of sp³-hybridized carbons (Fsp3) is 0.533. The predicted octanol–water partition coefficient (Wildman–Crippen LogP) is 1.40. The van der Waals surface area contributed by atoms with Gasteiger partial charge < -0.3 is 9.64 Å². The first-order chi connectivity index (χ1) is 11.3. The third-order valence-corrected chi connectivity index (χ3v) is 5.60. The minimum absolute atomic E-state index is 0.0198. The van der Waals surface area contributed by atoms with Crippen LogP contribution in [0.15, 0.2) is 24.3 Å². The fourth-order valence-electron chi connectivity index (χ4n) is 2.73. The Morgan fingerprint density at radius 3 is 2.71 bits per heavy atom. The number of carbonyl (C=O) groups is 1. The summed E-state index contributed by atoms with van der Waals surface area (Å²) in [7, 11) is -3.10. The summed E-state index contributed by atoms with van der Waals surface area (Å²) in [5, 5.41) is 10.9. The van der Waals surface area contributed by atoms with Gasteiger partial charge in [0.1, 0.15) is 0 Å².